The van der Waals surface area contributed by atoms with Crippen molar-refractivity contribution < 1.29 is 23.8 Å². The van der Waals surface area contributed by atoms with Crippen LogP contribution < -0.4 is 4.74 Å². The molecular weight excluding hydrogens is 364 g/mol. The normalized spacial score (nSPS) is 14.4. The van der Waals surface area contributed by atoms with Crippen molar-refractivity contribution in [2.45, 2.75) is 4.90 Å². The van der Waals surface area contributed by atoms with E-state index in [4.69, 9.17) is 9.15 Å². The molecule has 0 fully saturated rings. The van der Waals surface area contributed by atoms with E-state index in [2.05, 4.69) is 0 Å². The molecule has 3 aromatic rings. The van der Waals surface area contributed by atoms with Crippen LogP contribution in [-0.2, 0) is 0 Å². The fourth-order valence-corrected chi connectivity index (χ4v) is 3.91. The number of benzene rings is 2. The number of carboxylic acid groups (broad SMARTS) is 1. The predicted octanol–water partition coefficient (Wildman–Crippen LogP) is 4.98. The number of carbonyl (C=O) groups is 2. The predicted molar refractivity (Wildman–Crippen MR) is 102 cm³/mol. The van der Waals surface area contributed by atoms with E-state index in [1.165, 1.54) is 24.9 Å². The summed E-state index contributed by atoms with van der Waals surface area (Å²) in [6.45, 7) is 0. The Hall–Kier alpha value is -3.25. The lowest BCUT2D eigenvalue weighted by Gasteiger charge is -2.06. The van der Waals surface area contributed by atoms with Crippen molar-refractivity contribution >= 4 is 29.6 Å². The van der Waals surface area contributed by atoms with Gasteiger partial charge in [-0.15, -0.1) is 0 Å². The molecule has 0 aliphatic carbocycles. The number of thioether (sulfide) groups is 1. The van der Waals surface area contributed by atoms with Gasteiger partial charge in [-0.1, -0.05) is 23.9 Å². The Morgan fingerprint density at radius 3 is 2.70 bits per heavy atom. The summed E-state index contributed by atoms with van der Waals surface area (Å²) in [7, 11) is 1.42. The Morgan fingerprint density at radius 2 is 1.96 bits per heavy atom. The van der Waals surface area contributed by atoms with Crippen molar-refractivity contribution in [2.75, 3.05) is 7.11 Å². The van der Waals surface area contributed by atoms with Gasteiger partial charge in [-0.25, -0.2) is 4.79 Å². The van der Waals surface area contributed by atoms with E-state index in [-0.39, 0.29) is 17.1 Å². The second kappa shape index (κ2) is 6.81. The van der Waals surface area contributed by atoms with Crippen LogP contribution in [0.25, 0.3) is 17.4 Å². The van der Waals surface area contributed by atoms with Gasteiger partial charge in [-0.3, -0.25) is 4.79 Å². The third-order valence-electron chi connectivity index (χ3n) is 4.19. The van der Waals surface area contributed by atoms with Crippen LogP contribution in [0.2, 0.25) is 0 Å². The first-order valence-corrected chi connectivity index (χ1v) is 8.93. The number of aromatic carboxylic acids is 1. The van der Waals surface area contributed by atoms with Crippen molar-refractivity contribution in [1.82, 2.24) is 0 Å². The molecule has 5 nitrogen and oxygen atoms in total. The minimum Gasteiger partial charge on any atom is -0.496 e. The fraction of sp³-hybridized carbons (Fsp3) is 0.0476. The van der Waals surface area contributed by atoms with Crippen molar-refractivity contribution in [3.63, 3.8) is 0 Å². The standard InChI is InChI=1S/C21H14O5S/c1-25-17-8-6-12(10-15(17)21(23)24)16-9-7-13(26-16)11-19-20(22)14-4-2-3-5-18(14)27-19/h2-11H,1H3,(H,23,24)/b19-11-. The monoisotopic (exact) mass is 378 g/mol. The topological polar surface area (TPSA) is 76.7 Å². The van der Waals surface area contributed by atoms with Crippen molar-refractivity contribution in [3.05, 3.63) is 76.4 Å². The largest absolute Gasteiger partial charge is 0.496 e. The maximum Gasteiger partial charge on any atom is 0.339 e. The summed E-state index contributed by atoms with van der Waals surface area (Å²) < 4.78 is 10.9. The summed E-state index contributed by atoms with van der Waals surface area (Å²) in [5.41, 5.74) is 1.37. The minimum absolute atomic E-state index is 0.0221. The van der Waals surface area contributed by atoms with Crippen molar-refractivity contribution in [1.29, 1.82) is 0 Å². The van der Waals surface area contributed by atoms with Crippen LogP contribution >= 0.6 is 11.8 Å². The van der Waals surface area contributed by atoms with Crippen LogP contribution in [0.5, 0.6) is 5.75 Å². The summed E-state index contributed by atoms with van der Waals surface area (Å²) in [6, 6.07) is 15.8. The number of hydrogen-bond donors (Lipinski definition) is 1. The first kappa shape index (κ1) is 17.2. The molecule has 134 valence electrons. The SMILES string of the molecule is COc1ccc(-c2ccc(/C=C3\Sc4ccccc4C3=O)o2)cc1C(=O)O. The van der Waals surface area contributed by atoms with Crippen molar-refractivity contribution in [3.8, 4) is 17.1 Å². The molecule has 1 N–H and O–H groups in total. The van der Waals surface area contributed by atoms with Crippen LogP contribution in [-0.4, -0.2) is 24.0 Å². The molecule has 6 heteroatoms. The molecule has 0 unspecified atom stereocenters. The Balaban J connectivity index is 1.65. The summed E-state index contributed by atoms with van der Waals surface area (Å²) in [4.78, 5) is 25.4. The number of rotatable bonds is 4. The van der Waals surface area contributed by atoms with Crippen LogP contribution in [0, 0.1) is 0 Å². The second-order valence-corrected chi connectivity index (χ2v) is 6.94. The number of allylic oxidation sites excluding steroid dienone is 1. The van der Waals surface area contributed by atoms with E-state index < -0.39 is 5.97 Å². The zero-order valence-corrected chi connectivity index (χ0v) is 15.1. The lowest BCUT2D eigenvalue weighted by Crippen LogP contribution is -2.00. The highest BCUT2D eigenvalue weighted by molar-refractivity contribution is 8.04. The molecule has 0 bridgehead atoms. The van der Waals surface area contributed by atoms with Gasteiger partial charge in [0.15, 0.2) is 0 Å². The summed E-state index contributed by atoms with van der Waals surface area (Å²) in [6.07, 6.45) is 1.71. The molecule has 0 atom stereocenters. The molecule has 0 amide bonds. The van der Waals surface area contributed by atoms with Crippen molar-refractivity contribution in [2.24, 2.45) is 0 Å². The maximum absolute atomic E-state index is 12.5. The van der Waals surface area contributed by atoms with E-state index in [1.54, 1.807) is 30.3 Å². The maximum atomic E-state index is 12.5. The minimum atomic E-state index is -1.08. The molecule has 1 aliphatic rings. The molecule has 2 aromatic carbocycles. The third-order valence-corrected chi connectivity index (χ3v) is 5.29. The highest BCUT2D eigenvalue weighted by Crippen LogP contribution is 2.41. The number of carboxylic acids is 1. The van der Waals surface area contributed by atoms with Gasteiger partial charge in [0.2, 0.25) is 5.78 Å². The van der Waals surface area contributed by atoms with Gasteiger partial charge >= 0.3 is 5.97 Å². The quantitative estimate of drug-likeness (QED) is 0.645. The number of ether oxygens (including phenoxy) is 1. The molecule has 27 heavy (non-hydrogen) atoms. The van der Waals surface area contributed by atoms with Crippen LogP contribution in [0.15, 0.2) is 68.8 Å². The van der Waals surface area contributed by atoms with E-state index >= 15 is 0 Å². The molecule has 0 radical (unpaired) electrons. The lowest BCUT2D eigenvalue weighted by atomic mass is 10.1. The van der Waals surface area contributed by atoms with E-state index in [0.717, 1.165) is 4.90 Å². The van der Waals surface area contributed by atoms with Gasteiger partial charge in [0, 0.05) is 16.0 Å². The zero-order valence-electron chi connectivity index (χ0n) is 14.3. The van der Waals surface area contributed by atoms with Gasteiger partial charge < -0.3 is 14.3 Å². The molecule has 1 aliphatic heterocycles. The average Bonchev–Trinajstić information content (AvgIpc) is 3.27. The number of fused-ring (bicyclic) bond motifs is 1. The Labute approximate surface area is 159 Å². The average molecular weight is 378 g/mol. The summed E-state index contributed by atoms with van der Waals surface area (Å²) in [5, 5.41) is 9.32. The van der Waals surface area contributed by atoms with Gasteiger partial charge in [0.05, 0.1) is 12.0 Å². The number of methoxy groups -OCH3 is 1. The molecule has 0 saturated heterocycles. The van der Waals surface area contributed by atoms with Crippen LogP contribution in [0.4, 0.5) is 0 Å². The third kappa shape index (κ3) is 3.15. The van der Waals surface area contributed by atoms with E-state index in [0.29, 0.717) is 27.6 Å². The second-order valence-electron chi connectivity index (χ2n) is 5.86. The number of ketones is 1. The number of Topliss-reactive ketones (excluding diaryl/α,β-unsaturated/α-hetero) is 1. The van der Waals surface area contributed by atoms with Gasteiger partial charge in [0.1, 0.15) is 22.8 Å². The van der Waals surface area contributed by atoms with E-state index in [1.807, 2.05) is 24.3 Å². The Kier molecular flexibility index (Phi) is 4.33. The number of furan rings is 1. The van der Waals surface area contributed by atoms with Gasteiger partial charge in [-0.2, -0.15) is 0 Å². The van der Waals surface area contributed by atoms with Crippen LogP contribution in [0.1, 0.15) is 26.5 Å². The Bertz CT molecular complexity index is 1090. The van der Waals surface area contributed by atoms with Gasteiger partial charge in [-0.05, 0) is 48.5 Å². The van der Waals surface area contributed by atoms with E-state index in [9.17, 15) is 14.7 Å². The summed E-state index contributed by atoms with van der Waals surface area (Å²) >= 11 is 1.41. The number of hydrogen-bond acceptors (Lipinski definition) is 5. The number of carbonyl (C=O) groups excluding carboxylic acids is 1. The first-order valence-electron chi connectivity index (χ1n) is 8.11. The van der Waals surface area contributed by atoms with Gasteiger partial charge in [0.25, 0.3) is 0 Å². The Morgan fingerprint density at radius 1 is 1.15 bits per heavy atom. The highest BCUT2D eigenvalue weighted by atomic mass is 32.2. The molecule has 2 heterocycles. The zero-order chi connectivity index (χ0) is 19.0. The molecule has 1 aromatic heterocycles. The molecule has 0 saturated carbocycles. The molecule has 4 rings (SSSR count). The molecule has 0 spiro atoms. The summed E-state index contributed by atoms with van der Waals surface area (Å²) in [5.74, 6) is 0.228. The fourth-order valence-electron chi connectivity index (χ4n) is 2.88. The smallest absolute Gasteiger partial charge is 0.339 e. The molecular formula is C21H14O5S. The first-order chi connectivity index (χ1) is 13.1. The van der Waals surface area contributed by atoms with Crippen LogP contribution in [0.3, 0.4) is 0 Å². The highest BCUT2D eigenvalue weighted by Gasteiger charge is 2.25. The lowest BCUT2D eigenvalue weighted by molar-refractivity contribution is 0.0693.